The highest BCUT2D eigenvalue weighted by atomic mass is 32.2. The average molecular weight is 513 g/mol. The number of hydrogen-bond acceptors (Lipinski definition) is 7. The van der Waals surface area contributed by atoms with Crippen molar-refractivity contribution in [1.82, 2.24) is 4.57 Å². The van der Waals surface area contributed by atoms with E-state index < -0.39 is 28.9 Å². The second-order valence-corrected chi connectivity index (χ2v) is 10.5. The van der Waals surface area contributed by atoms with Crippen molar-refractivity contribution in [2.45, 2.75) is 36.6 Å². The van der Waals surface area contributed by atoms with Crippen molar-refractivity contribution < 1.29 is 23.5 Å². The summed E-state index contributed by atoms with van der Waals surface area (Å²) in [5.41, 5.74) is 2.10. The molecule has 1 saturated heterocycles. The summed E-state index contributed by atoms with van der Waals surface area (Å²) in [7, 11) is 0. The van der Waals surface area contributed by atoms with Crippen molar-refractivity contribution in [2.24, 2.45) is 5.92 Å². The van der Waals surface area contributed by atoms with Crippen LogP contribution in [0.4, 0.5) is 10.1 Å². The monoisotopic (exact) mass is 512 g/mol. The highest BCUT2D eigenvalue weighted by Gasteiger charge is 2.56. The molecule has 7 nitrogen and oxygen atoms in total. The molecule has 0 spiro atoms. The predicted octanol–water partition coefficient (Wildman–Crippen LogP) is 3.72. The second-order valence-electron chi connectivity index (χ2n) is 8.37. The number of imide groups is 1. The van der Waals surface area contributed by atoms with Crippen molar-refractivity contribution in [3.05, 3.63) is 80.0 Å². The van der Waals surface area contributed by atoms with Gasteiger partial charge in [0.15, 0.2) is 0 Å². The topological polar surface area (TPSA) is 85.7 Å². The lowest BCUT2D eigenvalue weighted by atomic mass is 9.83. The Morgan fingerprint density at radius 2 is 1.71 bits per heavy atom. The summed E-state index contributed by atoms with van der Waals surface area (Å²) in [4.78, 5) is 53.8. The number of aryl methyl sites for hydroxylation is 1. The normalized spacial score (nSPS) is 21.1. The fourth-order valence-corrected chi connectivity index (χ4v) is 7.34. The van der Waals surface area contributed by atoms with E-state index in [0.717, 1.165) is 28.7 Å². The number of thiazole rings is 1. The number of esters is 1. The number of hydrogen-bond donors (Lipinski definition) is 0. The Bertz CT molecular complexity index is 1380. The van der Waals surface area contributed by atoms with Gasteiger partial charge in [0, 0.05) is 10.8 Å². The van der Waals surface area contributed by atoms with Gasteiger partial charge in [0.2, 0.25) is 11.8 Å². The number of fused-ring (bicyclic) bond motifs is 2. The van der Waals surface area contributed by atoms with Gasteiger partial charge in [-0.25, -0.2) is 9.29 Å². The summed E-state index contributed by atoms with van der Waals surface area (Å²) in [6, 6.07) is 12.9. The number of thioether (sulfide) groups is 1. The third-order valence-electron chi connectivity index (χ3n) is 6.16. The molecular formula is C25H21FN2O5S2. The van der Waals surface area contributed by atoms with Gasteiger partial charge in [-0.05, 0) is 43.7 Å². The molecule has 3 aromatic rings. The Kier molecular flexibility index (Phi) is 6.10. The van der Waals surface area contributed by atoms with Crippen LogP contribution in [0.25, 0.3) is 0 Å². The number of nitrogens with zero attached hydrogens (tertiary/aromatic N) is 2. The minimum absolute atomic E-state index is 0.175. The maximum absolute atomic E-state index is 13.7. The Morgan fingerprint density at radius 3 is 2.37 bits per heavy atom. The maximum atomic E-state index is 13.7. The molecule has 180 valence electrons. The molecule has 0 bridgehead atoms. The Labute approximate surface area is 208 Å². The van der Waals surface area contributed by atoms with E-state index in [1.165, 1.54) is 21.6 Å². The molecule has 1 aromatic heterocycles. The van der Waals surface area contributed by atoms with E-state index in [1.54, 1.807) is 31.2 Å². The molecule has 0 saturated carbocycles. The molecule has 35 heavy (non-hydrogen) atoms. The van der Waals surface area contributed by atoms with Crippen molar-refractivity contribution >= 4 is 46.6 Å². The summed E-state index contributed by atoms with van der Waals surface area (Å²) < 4.78 is 20.0. The Hall–Kier alpha value is -3.24. The maximum Gasteiger partial charge on any atom is 0.326 e. The van der Waals surface area contributed by atoms with Crippen LogP contribution in [-0.2, 0) is 25.7 Å². The first kappa shape index (κ1) is 23.5. The number of aromatic nitrogens is 1. The van der Waals surface area contributed by atoms with E-state index in [-0.39, 0.29) is 29.8 Å². The molecule has 0 unspecified atom stereocenters. The van der Waals surface area contributed by atoms with Crippen LogP contribution in [0.2, 0.25) is 0 Å². The molecule has 2 aromatic carbocycles. The van der Waals surface area contributed by atoms with Crippen LogP contribution >= 0.6 is 23.1 Å². The molecule has 0 radical (unpaired) electrons. The molecule has 10 heteroatoms. The van der Waals surface area contributed by atoms with Crippen molar-refractivity contribution in [3.63, 3.8) is 0 Å². The Morgan fingerprint density at radius 1 is 1.03 bits per heavy atom. The molecule has 3 atom stereocenters. The molecule has 1 fully saturated rings. The van der Waals surface area contributed by atoms with Crippen LogP contribution in [0.5, 0.6) is 0 Å². The van der Waals surface area contributed by atoms with Gasteiger partial charge in [0.1, 0.15) is 17.6 Å². The largest absolute Gasteiger partial charge is 0.465 e. The van der Waals surface area contributed by atoms with Gasteiger partial charge in [0.05, 0.1) is 23.2 Å². The molecule has 0 N–H and O–H groups in total. The van der Waals surface area contributed by atoms with Crippen LogP contribution in [0, 0.1) is 18.7 Å². The van der Waals surface area contributed by atoms with Gasteiger partial charge in [-0.15, -0.1) is 0 Å². The molecule has 5 rings (SSSR count). The van der Waals surface area contributed by atoms with Crippen LogP contribution in [-0.4, -0.2) is 34.2 Å². The van der Waals surface area contributed by atoms with Gasteiger partial charge in [0.25, 0.3) is 0 Å². The quantitative estimate of drug-likeness (QED) is 0.383. The van der Waals surface area contributed by atoms with E-state index >= 15 is 0 Å². The second kappa shape index (κ2) is 9.09. The van der Waals surface area contributed by atoms with Crippen LogP contribution < -0.4 is 9.77 Å². The SMILES string of the molecule is CCOC(=O)Cn1c2c(sc1=O)[C@@H](c1ccc(F)cc1)[C@@H]1C(=O)N(c3ccc(C)cc3)C(=O)[C@@H]1S2. The third kappa shape index (κ3) is 4.00. The molecule has 2 aliphatic rings. The fourth-order valence-electron chi connectivity index (χ4n) is 4.57. The zero-order valence-electron chi connectivity index (χ0n) is 18.9. The summed E-state index contributed by atoms with van der Waals surface area (Å²) in [5.74, 6) is -3.15. The predicted molar refractivity (Wildman–Crippen MR) is 130 cm³/mol. The van der Waals surface area contributed by atoms with Crippen molar-refractivity contribution in [3.8, 4) is 0 Å². The number of ether oxygens (including phenoxy) is 1. The van der Waals surface area contributed by atoms with Gasteiger partial charge in [-0.2, -0.15) is 0 Å². The lowest BCUT2D eigenvalue weighted by molar-refractivity contribution is -0.144. The number of amides is 2. The molecule has 2 aliphatic heterocycles. The van der Waals surface area contributed by atoms with Crippen LogP contribution in [0.1, 0.15) is 28.8 Å². The lowest BCUT2D eigenvalue weighted by Gasteiger charge is -2.30. The van der Waals surface area contributed by atoms with Crippen LogP contribution in [0.15, 0.2) is 58.4 Å². The summed E-state index contributed by atoms with van der Waals surface area (Å²) in [6.45, 7) is 3.48. The molecule has 2 amide bonds. The number of carbonyl (C=O) groups excluding carboxylic acids is 3. The number of rotatable bonds is 5. The molecule has 3 heterocycles. The zero-order chi connectivity index (χ0) is 24.9. The van der Waals surface area contributed by atoms with Crippen molar-refractivity contribution in [2.75, 3.05) is 11.5 Å². The number of benzene rings is 2. The van der Waals surface area contributed by atoms with E-state index in [0.29, 0.717) is 21.2 Å². The smallest absolute Gasteiger partial charge is 0.326 e. The highest BCUT2D eigenvalue weighted by molar-refractivity contribution is 8.00. The summed E-state index contributed by atoms with van der Waals surface area (Å²) in [5, 5.41) is -0.329. The van der Waals surface area contributed by atoms with Crippen LogP contribution in [0.3, 0.4) is 0 Å². The standard InChI is InChI=1S/C25H21FN2O5S2/c1-3-33-17(29)12-27-24-21(35-25(27)32)18(14-6-8-15(26)9-7-14)19-20(34-24)23(31)28(22(19)30)16-10-4-13(2)5-11-16/h4-11,18-20H,3,12H2,1-2H3/t18-,19-,20+/m0/s1. The average Bonchev–Trinajstić information content (AvgIpc) is 3.27. The number of anilines is 1. The fraction of sp³-hybridized carbons (Fsp3) is 0.280. The van der Waals surface area contributed by atoms with E-state index in [1.807, 2.05) is 19.1 Å². The molecule has 0 aliphatic carbocycles. The van der Waals surface area contributed by atoms with Gasteiger partial charge < -0.3 is 4.74 Å². The van der Waals surface area contributed by atoms with Gasteiger partial charge in [-0.3, -0.25) is 23.7 Å². The first-order valence-corrected chi connectivity index (χ1v) is 12.8. The van der Waals surface area contributed by atoms with Gasteiger partial charge >= 0.3 is 10.8 Å². The lowest BCUT2D eigenvalue weighted by Crippen LogP contribution is -2.32. The summed E-state index contributed by atoms with van der Waals surface area (Å²) in [6.07, 6.45) is 0. The van der Waals surface area contributed by atoms with E-state index in [4.69, 9.17) is 4.74 Å². The minimum Gasteiger partial charge on any atom is -0.465 e. The summed E-state index contributed by atoms with van der Waals surface area (Å²) >= 11 is 2.07. The first-order chi connectivity index (χ1) is 16.8. The molecular weight excluding hydrogens is 491 g/mol. The third-order valence-corrected chi connectivity index (χ3v) is 8.77. The first-order valence-electron chi connectivity index (χ1n) is 11.1. The number of halogens is 1. The van der Waals surface area contributed by atoms with Gasteiger partial charge in [-0.1, -0.05) is 52.9 Å². The number of carbonyl (C=O) groups is 3. The zero-order valence-corrected chi connectivity index (χ0v) is 20.5. The van der Waals surface area contributed by atoms with E-state index in [9.17, 15) is 23.6 Å². The van der Waals surface area contributed by atoms with E-state index in [2.05, 4.69) is 0 Å². The van der Waals surface area contributed by atoms with Crippen molar-refractivity contribution in [1.29, 1.82) is 0 Å². The Balaban J connectivity index is 1.64. The minimum atomic E-state index is -0.797. The highest BCUT2D eigenvalue weighted by Crippen LogP contribution is 2.53.